The van der Waals surface area contributed by atoms with Gasteiger partial charge in [0.2, 0.25) is 5.95 Å². The summed E-state index contributed by atoms with van der Waals surface area (Å²) in [6.07, 6.45) is 6.39. The minimum atomic E-state index is -1.64. The Bertz CT molecular complexity index is 1190. The SMILES string of the molecule is O=C1OC2(CCC(O)(C(=O)Nc3ncc(-c4ccccc4)cn3)CC2)c2cc[n+]([O-])cc21. The molecule has 1 aliphatic heterocycles. The second kappa shape index (κ2) is 7.38. The van der Waals surface area contributed by atoms with Gasteiger partial charge in [-0.3, -0.25) is 10.1 Å². The Morgan fingerprint density at radius 3 is 2.44 bits per heavy atom. The number of anilines is 1. The Morgan fingerprint density at radius 2 is 1.75 bits per heavy atom. The number of amides is 1. The highest BCUT2D eigenvalue weighted by Crippen LogP contribution is 2.48. The molecule has 3 heterocycles. The number of rotatable bonds is 3. The maximum Gasteiger partial charge on any atom is 0.345 e. The van der Waals surface area contributed by atoms with Crippen LogP contribution >= 0.6 is 0 Å². The third-order valence-electron chi connectivity index (χ3n) is 6.23. The van der Waals surface area contributed by atoms with Gasteiger partial charge in [-0.25, -0.2) is 14.8 Å². The molecule has 5 rings (SSSR count). The Morgan fingerprint density at radius 1 is 1.06 bits per heavy atom. The van der Waals surface area contributed by atoms with Gasteiger partial charge in [-0.05, 0) is 31.2 Å². The number of aliphatic hydroxyl groups is 1. The monoisotopic (exact) mass is 432 g/mol. The van der Waals surface area contributed by atoms with E-state index in [-0.39, 0.29) is 37.2 Å². The van der Waals surface area contributed by atoms with Gasteiger partial charge in [0.25, 0.3) is 5.91 Å². The zero-order chi connectivity index (χ0) is 22.3. The molecule has 0 bridgehead atoms. The van der Waals surface area contributed by atoms with Crippen LogP contribution in [0.25, 0.3) is 11.1 Å². The number of carbonyl (C=O) groups excluding carboxylic acids is 2. The number of esters is 1. The van der Waals surface area contributed by atoms with Gasteiger partial charge >= 0.3 is 5.97 Å². The normalized spacial score (nSPS) is 24.1. The highest BCUT2D eigenvalue weighted by Gasteiger charge is 2.53. The number of nitrogens with zero attached hydrogens (tertiary/aromatic N) is 3. The molecule has 1 aliphatic carbocycles. The Labute approximate surface area is 183 Å². The summed E-state index contributed by atoms with van der Waals surface area (Å²) < 4.78 is 6.15. The fourth-order valence-corrected chi connectivity index (χ4v) is 4.38. The fourth-order valence-electron chi connectivity index (χ4n) is 4.38. The van der Waals surface area contributed by atoms with Gasteiger partial charge in [0.15, 0.2) is 12.4 Å². The molecule has 32 heavy (non-hydrogen) atoms. The van der Waals surface area contributed by atoms with E-state index < -0.39 is 23.1 Å². The van der Waals surface area contributed by atoms with Crippen molar-refractivity contribution in [3.05, 3.63) is 77.5 Å². The fraction of sp³-hybridized carbons (Fsp3) is 0.261. The van der Waals surface area contributed by atoms with Crippen LogP contribution in [0.4, 0.5) is 5.95 Å². The summed E-state index contributed by atoms with van der Waals surface area (Å²) in [7, 11) is 0. The van der Waals surface area contributed by atoms with E-state index in [1.54, 1.807) is 18.5 Å². The molecule has 2 aliphatic rings. The average molecular weight is 432 g/mol. The van der Waals surface area contributed by atoms with Gasteiger partial charge in [-0.1, -0.05) is 30.3 Å². The Kier molecular flexibility index (Phi) is 4.63. The first-order valence-electron chi connectivity index (χ1n) is 10.3. The van der Waals surface area contributed by atoms with E-state index in [9.17, 15) is 19.9 Å². The first-order valence-corrected chi connectivity index (χ1v) is 10.3. The molecule has 1 spiro atoms. The van der Waals surface area contributed by atoms with E-state index >= 15 is 0 Å². The summed E-state index contributed by atoms with van der Waals surface area (Å²) in [6.45, 7) is 0. The second-order valence-corrected chi connectivity index (χ2v) is 8.16. The van der Waals surface area contributed by atoms with Crippen molar-refractivity contribution in [3.63, 3.8) is 0 Å². The number of benzene rings is 1. The first-order chi connectivity index (χ1) is 15.4. The lowest BCUT2D eigenvalue weighted by molar-refractivity contribution is -0.605. The molecule has 1 amide bonds. The van der Waals surface area contributed by atoms with Crippen LogP contribution in [-0.4, -0.2) is 32.6 Å². The molecule has 1 saturated carbocycles. The maximum atomic E-state index is 12.8. The zero-order valence-corrected chi connectivity index (χ0v) is 17.0. The van der Waals surface area contributed by atoms with Crippen molar-refractivity contribution < 1.29 is 24.2 Å². The molecule has 0 atom stereocenters. The number of ether oxygens (including phenoxy) is 1. The molecule has 1 fully saturated rings. The summed E-state index contributed by atoms with van der Waals surface area (Å²) in [4.78, 5) is 33.4. The van der Waals surface area contributed by atoms with Crippen molar-refractivity contribution in [1.29, 1.82) is 0 Å². The van der Waals surface area contributed by atoms with Gasteiger partial charge in [0.1, 0.15) is 16.8 Å². The molecule has 2 aromatic heterocycles. The Balaban J connectivity index is 1.28. The molecule has 9 nitrogen and oxygen atoms in total. The third kappa shape index (κ3) is 3.36. The molecule has 0 saturated heterocycles. The zero-order valence-electron chi connectivity index (χ0n) is 17.0. The Hall–Kier alpha value is -3.85. The van der Waals surface area contributed by atoms with Crippen LogP contribution in [0.2, 0.25) is 0 Å². The second-order valence-electron chi connectivity index (χ2n) is 8.16. The van der Waals surface area contributed by atoms with Crippen LogP contribution in [0.5, 0.6) is 0 Å². The van der Waals surface area contributed by atoms with Crippen molar-refractivity contribution in [3.8, 4) is 11.1 Å². The number of aromatic nitrogens is 3. The molecule has 0 unspecified atom stereocenters. The van der Waals surface area contributed by atoms with Gasteiger partial charge in [0.05, 0.1) is 0 Å². The largest absolute Gasteiger partial charge is 0.619 e. The van der Waals surface area contributed by atoms with Crippen molar-refractivity contribution in [2.45, 2.75) is 36.9 Å². The average Bonchev–Trinajstić information content (AvgIpc) is 3.08. The van der Waals surface area contributed by atoms with Crippen molar-refractivity contribution in [2.24, 2.45) is 0 Å². The quantitative estimate of drug-likeness (QED) is 0.368. The smallest absolute Gasteiger partial charge is 0.345 e. The van der Waals surface area contributed by atoms with Crippen molar-refractivity contribution in [2.75, 3.05) is 5.32 Å². The van der Waals surface area contributed by atoms with E-state index in [1.807, 2.05) is 30.3 Å². The van der Waals surface area contributed by atoms with Gasteiger partial charge in [-0.2, -0.15) is 4.73 Å². The van der Waals surface area contributed by atoms with Crippen LogP contribution in [0, 0.1) is 5.21 Å². The first kappa shape index (κ1) is 20.1. The predicted molar refractivity (Wildman–Crippen MR) is 112 cm³/mol. The summed E-state index contributed by atoms with van der Waals surface area (Å²) in [6, 6.07) is 11.2. The van der Waals surface area contributed by atoms with Crippen LogP contribution in [0.15, 0.2) is 61.2 Å². The highest BCUT2D eigenvalue weighted by molar-refractivity contribution is 5.96. The molecule has 2 N–H and O–H groups in total. The molecular formula is C23H20N4O5. The highest BCUT2D eigenvalue weighted by atomic mass is 16.6. The number of hydrogen-bond acceptors (Lipinski definition) is 7. The number of nitrogens with one attached hydrogen (secondary N) is 1. The van der Waals surface area contributed by atoms with E-state index in [4.69, 9.17) is 4.74 Å². The van der Waals surface area contributed by atoms with E-state index in [2.05, 4.69) is 15.3 Å². The number of hydrogen-bond donors (Lipinski definition) is 2. The van der Waals surface area contributed by atoms with Crippen LogP contribution in [-0.2, 0) is 15.1 Å². The van der Waals surface area contributed by atoms with Crippen LogP contribution < -0.4 is 10.0 Å². The molecule has 0 radical (unpaired) electrons. The summed E-state index contributed by atoms with van der Waals surface area (Å²) >= 11 is 0. The standard InChI is InChI=1S/C23H20N4O5/c28-19-17-14-27(31)11-6-18(17)23(32-19)9-7-22(30,8-10-23)20(29)26-21-24-12-16(13-25-21)15-4-2-1-3-5-15/h1-6,11-14,30H,7-10H2,(H,24,25,26,29). The lowest BCUT2D eigenvalue weighted by Gasteiger charge is -2.40. The summed E-state index contributed by atoms with van der Waals surface area (Å²) in [5.41, 5.74) is 0.0375. The van der Waals surface area contributed by atoms with Crippen LogP contribution in [0.1, 0.15) is 41.6 Å². The minimum absolute atomic E-state index is 0.0833. The van der Waals surface area contributed by atoms with Crippen molar-refractivity contribution in [1.82, 2.24) is 9.97 Å². The van der Waals surface area contributed by atoms with E-state index in [1.165, 1.54) is 12.4 Å². The predicted octanol–water partition coefficient (Wildman–Crippen LogP) is 2.09. The number of pyridine rings is 1. The lowest BCUT2D eigenvalue weighted by Crippen LogP contribution is -2.49. The van der Waals surface area contributed by atoms with E-state index in [0.29, 0.717) is 10.3 Å². The topological polar surface area (TPSA) is 128 Å². The summed E-state index contributed by atoms with van der Waals surface area (Å²) in [5, 5.41) is 25.1. The van der Waals surface area contributed by atoms with Gasteiger partial charge < -0.3 is 15.1 Å². The molecule has 1 aromatic carbocycles. The van der Waals surface area contributed by atoms with Gasteiger partial charge in [-0.15, -0.1) is 0 Å². The summed E-state index contributed by atoms with van der Waals surface area (Å²) in [5.74, 6) is -1.07. The number of fused-ring (bicyclic) bond motifs is 2. The van der Waals surface area contributed by atoms with Crippen molar-refractivity contribution >= 4 is 17.8 Å². The molecule has 162 valence electrons. The number of carbonyl (C=O) groups is 2. The minimum Gasteiger partial charge on any atom is -0.619 e. The molecule has 3 aromatic rings. The van der Waals surface area contributed by atoms with Gasteiger partial charge in [0, 0.05) is 29.6 Å². The van der Waals surface area contributed by atoms with Crippen LogP contribution in [0.3, 0.4) is 0 Å². The lowest BCUT2D eigenvalue weighted by atomic mass is 9.72. The maximum absolute atomic E-state index is 12.8. The third-order valence-corrected chi connectivity index (χ3v) is 6.23. The molecule has 9 heteroatoms. The van der Waals surface area contributed by atoms with E-state index in [0.717, 1.165) is 11.1 Å². The molecular weight excluding hydrogens is 412 g/mol.